The number of ether oxygens (including phenoxy) is 3. The third kappa shape index (κ3) is 6.34. The summed E-state index contributed by atoms with van der Waals surface area (Å²) in [6.45, 7) is 2.48. The molecule has 0 saturated carbocycles. The molecule has 1 aromatic heterocycles. The van der Waals surface area contributed by atoms with Gasteiger partial charge in [-0.25, -0.2) is 0 Å². The van der Waals surface area contributed by atoms with Crippen molar-refractivity contribution in [2.75, 3.05) is 51.5 Å². The second-order valence-electron chi connectivity index (χ2n) is 10.2. The molecule has 2 aliphatic heterocycles. The number of hydrogen-bond acceptors (Lipinski definition) is 8. The summed E-state index contributed by atoms with van der Waals surface area (Å²) in [4.78, 5) is 32.5. The molecular weight excluding hydrogens is 570 g/mol. The van der Waals surface area contributed by atoms with E-state index in [1.807, 2.05) is 54.6 Å². The Morgan fingerprint density at radius 2 is 1.67 bits per heavy atom. The van der Waals surface area contributed by atoms with Crippen molar-refractivity contribution in [1.82, 2.24) is 20.0 Å². The molecule has 10 nitrogen and oxygen atoms in total. The zero-order valence-electron chi connectivity index (χ0n) is 23.6. The fourth-order valence-corrected chi connectivity index (χ4v) is 5.34. The van der Waals surface area contributed by atoms with Crippen LogP contribution in [-0.4, -0.2) is 78.4 Å². The van der Waals surface area contributed by atoms with Gasteiger partial charge in [0.2, 0.25) is 12.7 Å². The summed E-state index contributed by atoms with van der Waals surface area (Å²) in [6.07, 6.45) is 0. The molecule has 0 atom stereocenters. The largest absolute Gasteiger partial charge is 0.497 e. The molecule has 0 N–H and O–H groups in total. The second kappa shape index (κ2) is 12.6. The molecule has 0 bridgehead atoms. The topological polar surface area (TPSA) is 97.3 Å². The van der Waals surface area contributed by atoms with Crippen molar-refractivity contribution in [3.8, 4) is 28.5 Å². The number of piperazine rings is 1. The third-order valence-electron chi connectivity index (χ3n) is 7.52. The molecule has 43 heavy (non-hydrogen) atoms. The van der Waals surface area contributed by atoms with Gasteiger partial charge in [-0.15, -0.1) is 10.2 Å². The van der Waals surface area contributed by atoms with Gasteiger partial charge in [0.25, 0.3) is 5.91 Å². The fraction of sp³-hybridized carbons (Fsp3) is 0.250. The highest BCUT2D eigenvalue weighted by Crippen LogP contribution is 2.33. The summed E-state index contributed by atoms with van der Waals surface area (Å²) < 4.78 is 16.1. The van der Waals surface area contributed by atoms with Gasteiger partial charge in [0, 0.05) is 38.3 Å². The van der Waals surface area contributed by atoms with Crippen LogP contribution in [0, 0.1) is 0 Å². The van der Waals surface area contributed by atoms with Gasteiger partial charge in [0.1, 0.15) is 12.3 Å². The van der Waals surface area contributed by atoms with Crippen LogP contribution in [0.5, 0.6) is 17.2 Å². The molecule has 0 aliphatic carbocycles. The quantitative estimate of drug-likeness (QED) is 0.292. The van der Waals surface area contributed by atoms with E-state index >= 15 is 0 Å². The number of benzene rings is 3. The van der Waals surface area contributed by atoms with E-state index in [0.717, 1.165) is 28.4 Å². The number of halogens is 1. The monoisotopic (exact) mass is 599 g/mol. The number of aromatic nitrogens is 2. The third-order valence-corrected chi connectivity index (χ3v) is 7.85. The van der Waals surface area contributed by atoms with Crippen LogP contribution in [0.25, 0.3) is 11.3 Å². The minimum atomic E-state index is -0.317. The predicted molar refractivity (Wildman–Crippen MR) is 162 cm³/mol. The van der Waals surface area contributed by atoms with Crippen LogP contribution in [0.15, 0.2) is 78.9 Å². The smallest absolute Gasteiger partial charge is 0.256 e. The summed E-state index contributed by atoms with van der Waals surface area (Å²) in [5.74, 6) is 2.35. The minimum absolute atomic E-state index is 0.0884. The minimum Gasteiger partial charge on any atom is -0.497 e. The van der Waals surface area contributed by atoms with Crippen molar-refractivity contribution in [2.24, 2.45) is 0 Å². The lowest BCUT2D eigenvalue weighted by atomic mass is 10.1. The van der Waals surface area contributed by atoms with E-state index in [0.29, 0.717) is 48.3 Å². The summed E-state index contributed by atoms with van der Waals surface area (Å²) in [5, 5.41) is 9.17. The maximum Gasteiger partial charge on any atom is 0.256 e. The SMILES string of the molecule is COc1ccc(-c2ccc(N3CCN(C(=O)CN(Cc4ccc5c(c4)OCO5)C(=O)c4ccccc4Cl)CC3)nn2)cc1. The Morgan fingerprint density at radius 1 is 0.907 bits per heavy atom. The average Bonchev–Trinajstić information content (AvgIpc) is 3.53. The zero-order valence-corrected chi connectivity index (χ0v) is 24.4. The molecule has 6 rings (SSSR count). The lowest BCUT2D eigenvalue weighted by molar-refractivity contribution is -0.132. The van der Waals surface area contributed by atoms with Crippen LogP contribution in [0.2, 0.25) is 5.02 Å². The maximum absolute atomic E-state index is 13.6. The van der Waals surface area contributed by atoms with Gasteiger partial charge >= 0.3 is 0 Å². The standard InChI is InChI=1S/C32H30ClN5O5/c1-41-24-9-7-23(8-10-24)27-11-13-30(35-34-27)36-14-16-37(17-15-36)31(39)20-38(32(40)25-4-2-3-5-26(25)33)19-22-6-12-28-29(18-22)43-21-42-28/h2-13,18H,14-17,19-21H2,1H3. The fourth-order valence-electron chi connectivity index (χ4n) is 5.12. The van der Waals surface area contributed by atoms with E-state index in [9.17, 15) is 9.59 Å². The highest BCUT2D eigenvalue weighted by Gasteiger charge is 2.27. The van der Waals surface area contributed by atoms with Gasteiger partial charge in [-0.05, 0) is 66.2 Å². The number of amides is 2. The van der Waals surface area contributed by atoms with E-state index in [1.54, 1.807) is 36.3 Å². The lowest BCUT2D eigenvalue weighted by Crippen LogP contribution is -2.52. The normalized spacial score (nSPS) is 14.0. The molecule has 1 fully saturated rings. The summed E-state index contributed by atoms with van der Waals surface area (Å²) >= 11 is 6.36. The van der Waals surface area contributed by atoms with Crippen molar-refractivity contribution in [2.45, 2.75) is 6.54 Å². The first-order valence-electron chi connectivity index (χ1n) is 13.9. The molecule has 220 valence electrons. The summed E-state index contributed by atoms with van der Waals surface area (Å²) in [5.41, 5.74) is 2.89. The number of methoxy groups -OCH3 is 1. The van der Waals surface area contributed by atoms with Crippen LogP contribution in [0.4, 0.5) is 5.82 Å². The molecule has 4 aromatic rings. The van der Waals surface area contributed by atoms with Crippen molar-refractivity contribution in [3.63, 3.8) is 0 Å². The molecule has 1 saturated heterocycles. The number of carbonyl (C=O) groups excluding carboxylic acids is 2. The van der Waals surface area contributed by atoms with Crippen LogP contribution >= 0.6 is 11.6 Å². The molecule has 3 aromatic carbocycles. The number of rotatable bonds is 8. The number of nitrogens with zero attached hydrogens (tertiary/aromatic N) is 5. The van der Waals surface area contributed by atoms with Gasteiger partial charge in [-0.2, -0.15) is 0 Å². The van der Waals surface area contributed by atoms with E-state index in [2.05, 4.69) is 15.1 Å². The van der Waals surface area contributed by atoms with Crippen molar-refractivity contribution in [1.29, 1.82) is 0 Å². The van der Waals surface area contributed by atoms with Crippen molar-refractivity contribution < 1.29 is 23.8 Å². The highest BCUT2D eigenvalue weighted by molar-refractivity contribution is 6.33. The molecule has 11 heteroatoms. The Kier molecular flexibility index (Phi) is 8.28. The lowest BCUT2D eigenvalue weighted by Gasteiger charge is -2.36. The summed E-state index contributed by atoms with van der Waals surface area (Å²) in [6, 6.07) is 23.9. The van der Waals surface area contributed by atoms with Gasteiger partial charge in [0.15, 0.2) is 17.3 Å². The van der Waals surface area contributed by atoms with E-state index in [4.69, 9.17) is 25.8 Å². The van der Waals surface area contributed by atoms with Crippen LogP contribution < -0.4 is 19.1 Å². The van der Waals surface area contributed by atoms with E-state index in [1.165, 1.54) is 4.90 Å². The van der Waals surface area contributed by atoms with Crippen molar-refractivity contribution in [3.05, 3.63) is 95.0 Å². The number of anilines is 1. The number of fused-ring (bicyclic) bond motifs is 1. The first-order valence-corrected chi connectivity index (χ1v) is 14.3. The Morgan fingerprint density at radius 3 is 2.40 bits per heavy atom. The molecular formula is C32H30ClN5O5. The highest BCUT2D eigenvalue weighted by atomic mass is 35.5. The van der Waals surface area contributed by atoms with Crippen LogP contribution in [0.1, 0.15) is 15.9 Å². The first-order chi connectivity index (χ1) is 21.0. The first kappa shape index (κ1) is 28.3. The molecule has 0 unspecified atom stereocenters. The van der Waals surface area contributed by atoms with Crippen molar-refractivity contribution >= 4 is 29.2 Å². The number of hydrogen-bond donors (Lipinski definition) is 0. The second-order valence-corrected chi connectivity index (χ2v) is 10.6. The molecule has 2 amide bonds. The van der Waals surface area contributed by atoms with E-state index in [-0.39, 0.29) is 31.7 Å². The zero-order chi connectivity index (χ0) is 29.8. The van der Waals surface area contributed by atoms with Gasteiger partial charge in [-0.3, -0.25) is 9.59 Å². The van der Waals surface area contributed by atoms with Gasteiger partial charge in [-0.1, -0.05) is 29.8 Å². The Labute approximate surface area is 254 Å². The van der Waals surface area contributed by atoms with Gasteiger partial charge in [0.05, 0.1) is 23.4 Å². The Hall–Kier alpha value is -4.83. The Bertz CT molecular complexity index is 1610. The Balaban J connectivity index is 1.11. The molecule has 2 aliphatic rings. The molecule has 0 radical (unpaired) electrons. The van der Waals surface area contributed by atoms with Crippen LogP contribution in [0.3, 0.4) is 0 Å². The van der Waals surface area contributed by atoms with Gasteiger partial charge < -0.3 is 28.9 Å². The van der Waals surface area contributed by atoms with Crippen LogP contribution in [-0.2, 0) is 11.3 Å². The number of carbonyl (C=O) groups is 2. The molecule has 0 spiro atoms. The predicted octanol–water partition coefficient (Wildman–Crippen LogP) is 4.53. The summed E-state index contributed by atoms with van der Waals surface area (Å²) in [7, 11) is 1.63. The molecule has 3 heterocycles. The maximum atomic E-state index is 13.6. The average molecular weight is 600 g/mol. The van der Waals surface area contributed by atoms with E-state index < -0.39 is 0 Å².